The van der Waals surface area contributed by atoms with Gasteiger partial charge in [-0.2, -0.15) is 13.2 Å². The van der Waals surface area contributed by atoms with Crippen LogP contribution in [0.2, 0.25) is 0 Å². The van der Waals surface area contributed by atoms with Gasteiger partial charge >= 0.3 is 24.0 Å². The van der Waals surface area contributed by atoms with E-state index in [-0.39, 0.29) is 11.3 Å². The molecule has 0 heterocycles. The molecule has 0 saturated carbocycles. The van der Waals surface area contributed by atoms with Crippen LogP contribution in [0, 0.1) is 0 Å². The van der Waals surface area contributed by atoms with Crippen LogP contribution in [0.25, 0.3) is 0 Å². The van der Waals surface area contributed by atoms with Crippen molar-refractivity contribution in [1.82, 2.24) is 5.32 Å². The number of ether oxygens (including phenoxy) is 2. The molecule has 0 spiro atoms. The highest BCUT2D eigenvalue weighted by Crippen LogP contribution is 2.18. The van der Waals surface area contributed by atoms with Gasteiger partial charge < -0.3 is 20.1 Å². The molecule has 2 N–H and O–H groups in total. The molecule has 0 saturated heterocycles. The number of carbonyl (C=O) groups excluding carboxylic acids is 4. The minimum absolute atomic E-state index is 0.284. The summed E-state index contributed by atoms with van der Waals surface area (Å²) in [4.78, 5) is 46.9. The standard InChI is InChI=1S/C16H17F3N2O6/c1-26-12(22)8-7-11(14(24)27-2)21-13(23)9-3-5-10(6-4-9)20-15(25)16(17,18)19/h3-6,11H,7-8H2,1-2H3,(H,20,25)(H,21,23)/i7D2,8D2. The first-order chi connectivity index (χ1) is 14.1. The van der Waals surface area contributed by atoms with Gasteiger partial charge in [-0.15, -0.1) is 0 Å². The number of anilines is 1. The summed E-state index contributed by atoms with van der Waals surface area (Å²) in [5.74, 6) is -6.45. The molecule has 0 radical (unpaired) electrons. The van der Waals surface area contributed by atoms with Gasteiger partial charge in [-0.05, 0) is 30.6 Å². The van der Waals surface area contributed by atoms with E-state index < -0.39 is 48.7 Å². The lowest BCUT2D eigenvalue weighted by atomic mass is 10.1. The first-order valence-corrected chi connectivity index (χ1v) is 7.05. The van der Waals surface area contributed by atoms with Crippen molar-refractivity contribution in [3.8, 4) is 0 Å². The Morgan fingerprint density at radius 1 is 1.11 bits per heavy atom. The van der Waals surface area contributed by atoms with Gasteiger partial charge in [0, 0.05) is 23.1 Å². The topological polar surface area (TPSA) is 111 Å². The Labute approximate surface area is 157 Å². The number of halogens is 3. The van der Waals surface area contributed by atoms with Crippen molar-refractivity contribution in [3.05, 3.63) is 29.8 Å². The summed E-state index contributed by atoms with van der Waals surface area (Å²) in [5, 5.41) is 3.44. The predicted molar refractivity (Wildman–Crippen MR) is 85.6 cm³/mol. The second-order valence-electron chi connectivity index (χ2n) is 4.72. The Hall–Kier alpha value is -3.11. The van der Waals surface area contributed by atoms with Crippen molar-refractivity contribution in [1.29, 1.82) is 0 Å². The maximum absolute atomic E-state index is 12.4. The average Bonchev–Trinajstić information content (AvgIpc) is 2.69. The largest absolute Gasteiger partial charge is 0.471 e. The molecule has 148 valence electrons. The summed E-state index contributed by atoms with van der Waals surface area (Å²) in [7, 11) is 1.63. The molecule has 0 aliphatic rings. The summed E-state index contributed by atoms with van der Waals surface area (Å²) in [5.41, 5.74) is -0.589. The molecule has 0 aromatic heterocycles. The number of esters is 2. The van der Waals surface area contributed by atoms with Crippen LogP contribution in [0.1, 0.15) is 28.6 Å². The lowest BCUT2D eigenvalue weighted by Crippen LogP contribution is -2.41. The molecular weight excluding hydrogens is 373 g/mol. The number of benzene rings is 1. The second-order valence-corrected chi connectivity index (χ2v) is 4.72. The van der Waals surface area contributed by atoms with Gasteiger partial charge in [0.25, 0.3) is 5.91 Å². The van der Waals surface area contributed by atoms with Gasteiger partial charge in [-0.1, -0.05) is 0 Å². The lowest BCUT2D eigenvalue weighted by molar-refractivity contribution is -0.167. The molecule has 11 heteroatoms. The fraction of sp³-hybridized carbons (Fsp3) is 0.375. The van der Waals surface area contributed by atoms with Crippen molar-refractivity contribution in [2.45, 2.75) is 25.0 Å². The van der Waals surface area contributed by atoms with Crippen LogP contribution in [-0.2, 0) is 23.9 Å². The Kier molecular flexibility index (Phi) is 5.69. The predicted octanol–water partition coefficient (Wildman–Crippen LogP) is 1.41. The highest BCUT2D eigenvalue weighted by Gasteiger charge is 2.38. The molecule has 2 amide bonds. The average molecular weight is 394 g/mol. The minimum atomic E-state index is -5.13. The van der Waals surface area contributed by atoms with Crippen LogP contribution in [0.3, 0.4) is 0 Å². The van der Waals surface area contributed by atoms with E-state index in [0.717, 1.165) is 38.5 Å². The number of amides is 2. The molecule has 8 nitrogen and oxygen atoms in total. The highest BCUT2D eigenvalue weighted by molar-refractivity contribution is 5.98. The van der Waals surface area contributed by atoms with Gasteiger partial charge in [0.15, 0.2) is 0 Å². The van der Waals surface area contributed by atoms with Gasteiger partial charge in [0.2, 0.25) is 0 Å². The zero-order valence-corrected chi connectivity index (χ0v) is 14.0. The van der Waals surface area contributed by atoms with Gasteiger partial charge in [0.05, 0.1) is 14.2 Å². The van der Waals surface area contributed by atoms with Crippen molar-refractivity contribution in [2.24, 2.45) is 0 Å². The highest BCUT2D eigenvalue weighted by atomic mass is 19.4. The summed E-state index contributed by atoms with van der Waals surface area (Å²) >= 11 is 0. The molecule has 1 unspecified atom stereocenters. The monoisotopic (exact) mass is 394 g/mol. The second kappa shape index (κ2) is 9.55. The van der Waals surface area contributed by atoms with E-state index >= 15 is 0 Å². The number of hydrogen-bond donors (Lipinski definition) is 2. The van der Waals surface area contributed by atoms with Crippen LogP contribution in [0.15, 0.2) is 24.3 Å². The fourth-order valence-electron chi connectivity index (χ4n) is 1.58. The first-order valence-electron chi connectivity index (χ1n) is 9.05. The fourth-order valence-corrected chi connectivity index (χ4v) is 1.58. The number of hydrogen-bond acceptors (Lipinski definition) is 6. The van der Waals surface area contributed by atoms with Crippen molar-refractivity contribution >= 4 is 29.4 Å². The smallest absolute Gasteiger partial charge is 0.469 e. The molecule has 1 aromatic carbocycles. The molecule has 0 aliphatic heterocycles. The number of methoxy groups -OCH3 is 2. The number of nitrogens with one attached hydrogen (secondary N) is 2. The Balaban J connectivity index is 3.12. The third-order valence-corrected chi connectivity index (χ3v) is 2.88. The zero-order chi connectivity index (χ0) is 24.2. The number of alkyl halides is 3. The van der Waals surface area contributed by atoms with Crippen molar-refractivity contribution in [2.75, 3.05) is 19.5 Å². The normalized spacial score (nSPS) is 15.1. The van der Waals surface area contributed by atoms with Gasteiger partial charge in [0.1, 0.15) is 6.04 Å². The molecule has 1 aromatic rings. The summed E-state index contributed by atoms with van der Waals surface area (Å²) in [6.07, 6.45) is -11.8. The van der Waals surface area contributed by atoms with E-state index in [1.807, 2.05) is 5.32 Å². The Morgan fingerprint density at radius 2 is 1.70 bits per heavy atom. The Bertz CT molecular complexity index is 862. The van der Waals surface area contributed by atoms with E-state index in [1.54, 1.807) is 5.32 Å². The molecule has 0 aliphatic carbocycles. The SMILES string of the molecule is [2H]C([2H])(C(=O)OC)C([2H])([2H])C(NC(=O)c1ccc(NC(=O)C(F)(F)F)cc1)C(=O)OC. The van der Waals surface area contributed by atoms with Gasteiger partial charge in [-0.25, -0.2) is 4.79 Å². The lowest BCUT2D eigenvalue weighted by Gasteiger charge is -2.16. The van der Waals surface area contributed by atoms with Crippen molar-refractivity contribution in [3.63, 3.8) is 0 Å². The molecule has 1 rings (SSSR count). The third-order valence-electron chi connectivity index (χ3n) is 2.88. The van der Waals surface area contributed by atoms with Crippen molar-refractivity contribution < 1.29 is 47.3 Å². The van der Waals surface area contributed by atoms with E-state index in [9.17, 15) is 32.3 Å². The number of rotatable bonds is 7. The van der Waals surface area contributed by atoms with Crippen LogP contribution in [0.5, 0.6) is 0 Å². The van der Waals surface area contributed by atoms with Crippen LogP contribution in [-0.4, -0.2) is 50.2 Å². The van der Waals surface area contributed by atoms with E-state index in [0.29, 0.717) is 0 Å². The minimum Gasteiger partial charge on any atom is -0.469 e. The maximum Gasteiger partial charge on any atom is 0.471 e. The first kappa shape index (κ1) is 16.1. The maximum atomic E-state index is 12.4. The van der Waals surface area contributed by atoms with Crippen LogP contribution < -0.4 is 10.6 Å². The quantitative estimate of drug-likeness (QED) is 0.677. The molecule has 0 fully saturated rings. The third kappa shape index (κ3) is 6.96. The van der Waals surface area contributed by atoms with E-state index in [1.165, 1.54) is 0 Å². The molecule has 1 atom stereocenters. The van der Waals surface area contributed by atoms with E-state index in [2.05, 4.69) is 9.47 Å². The summed E-state index contributed by atoms with van der Waals surface area (Å²) in [6, 6.07) is 1.49. The van der Waals surface area contributed by atoms with Crippen LogP contribution in [0.4, 0.5) is 18.9 Å². The molecular formula is C16H17F3N2O6. The van der Waals surface area contributed by atoms with Gasteiger partial charge in [-0.3, -0.25) is 14.4 Å². The summed E-state index contributed by atoms with van der Waals surface area (Å²) < 4.78 is 76.5. The summed E-state index contributed by atoms with van der Waals surface area (Å²) in [6.45, 7) is 0. The van der Waals surface area contributed by atoms with E-state index in [4.69, 9.17) is 5.48 Å². The molecule has 0 bridgehead atoms. The number of carbonyl (C=O) groups is 4. The molecule has 27 heavy (non-hydrogen) atoms. The zero-order valence-electron chi connectivity index (χ0n) is 18.0. The van der Waals surface area contributed by atoms with Crippen LogP contribution >= 0.6 is 0 Å². The Morgan fingerprint density at radius 3 is 2.19 bits per heavy atom.